The van der Waals surface area contributed by atoms with E-state index < -0.39 is 0 Å². The first-order chi connectivity index (χ1) is 4.20. The minimum Gasteiger partial charge on any atom is -1.00 e. The summed E-state index contributed by atoms with van der Waals surface area (Å²) in [6, 6.07) is 4.95. The minimum atomic E-state index is 0. The SMILES string of the molecule is Clc1ccc(Cl)c(Cl)c1.[H-].[Na+]. The maximum atomic E-state index is 5.60. The van der Waals surface area contributed by atoms with E-state index in [2.05, 4.69) is 0 Å². The van der Waals surface area contributed by atoms with Crippen LogP contribution in [0.25, 0.3) is 0 Å². The fraction of sp³-hybridized carbons (Fsp3) is 0. The molecule has 0 aliphatic heterocycles. The van der Waals surface area contributed by atoms with Gasteiger partial charge in [0.2, 0.25) is 0 Å². The van der Waals surface area contributed by atoms with E-state index in [1.54, 1.807) is 18.2 Å². The Morgan fingerprint density at radius 2 is 1.60 bits per heavy atom. The summed E-state index contributed by atoms with van der Waals surface area (Å²) in [5, 5.41) is 1.62. The van der Waals surface area contributed by atoms with Crippen molar-refractivity contribution in [2.24, 2.45) is 0 Å². The van der Waals surface area contributed by atoms with Gasteiger partial charge in [-0.2, -0.15) is 0 Å². The van der Waals surface area contributed by atoms with Crippen LogP contribution in [0.15, 0.2) is 18.2 Å². The van der Waals surface area contributed by atoms with Gasteiger partial charge in [0.15, 0.2) is 0 Å². The van der Waals surface area contributed by atoms with E-state index in [9.17, 15) is 0 Å². The van der Waals surface area contributed by atoms with E-state index in [-0.39, 0.29) is 31.0 Å². The molecule has 50 valence electrons. The summed E-state index contributed by atoms with van der Waals surface area (Å²) in [5.74, 6) is 0. The maximum Gasteiger partial charge on any atom is 1.00 e. The molecule has 0 saturated heterocycles. The molecule has 0 aliphatic rings. The van der Waals surface area contributed by atoms with Gasteiger partial charge in [-0.1, -0.05) is 34.8 Å². The molecule has 0 fully saturated rings. The van der Waals surface area contributed by atoms with Crippen LogP contribution < -0.4 is 29.6 Å². The smallest absolute Gasteiger partial charge is 1.00 e. The van der Waals surface area contributed by atoms with Crippen LogP contribution in [-0.2, 0) is 0 Å². The average Bonchev–Trinajstić information content (AvgIpc) is 1.80. The Balaban J connectivity index is 0. The van der Waals surface area contributed by atoms with E-state index in [0.29, 0.717) is 15.1 Å². The summed E-state index contributed by atoms with van der Waals surface area (Å²) in [4.78, 5) is 0. The van der Waals surface area contributed by atoms with E-state index in [1.807, 2.05) is 0 Å². The fourth-order valence-electron chi connectivity index (χ4n) is 0.470. The Bertz CT molecular complexity index is 229. The molecule has 10 heavy (non-hydrogen) atoms. The molecule has 0 bridgehead atoms. The molecule has 0 saturated carbocycles. The largest absolute Gasteiger partial charge is 1.00 e. The van der Waals surface area contributed by atoms with E-state index in [0.717, 1.165) is 0 Å². The van der Waals surface area contributed by atoms with Crippen molar-refractivity contribution in [1.82, 2.24) is 0 Å². The summed E-state index contributed by atoms with van der Waals surface area (Å²) >= 11 is 16.8. The quantitative estimate of drug-likeness (QED) is 0.433. The van der Waals surface area contributed by atoms with Gasteiger partial charge in [0.25, 0.3) is 0 Å². The summed E-state index contributed by atoms with van der Waals surface area (Å²) < 4.78 is 0. The van der Waals surface area contributed by atoms with Gasteiger partial charge in [0.1, 0.15) is 0 Å². The molecule has 0 amide bonds. The van der Waals surface area contributed by atoms with E-state index in [1.165, 1.54) is 0 Å². The van der Waals surface area contributed by atoms with Gasteiger partial charge in [-0.3, -0.25) is 0 Å². The summed E-state index contributed by atoms with van der Waals surface area (Å²) in [5.41, 5.74) is 0. The molecule has 1 rings (SSSR count). The Morgan fingerprint density at radius 1 is 1.00 bits per heavy atom. The Hall–Kier alpha value is 1.09. The second kappa shape index (κ2) is 4.87. The third kappa shape index (κ3) is 3.00. The van der Waals surface area contributed by atoms with Crippen LogP contribution in [0, 0.1) is 0 Å². The molecular formula is C6H4Cl3Na. The first-order valence-electron chi connectivity index (χ1n) is 2.30. The second-order valence-electron chi connectivity index (χ2n) is 1.56. The Morgan fingerprint density at radius 3 is 2.00 bits per heavy atom. The third-order valence-corrected chi connectivity index (χ3v) is 1.86. The molecule has 0 N–H and O–H groups in total. The van der Waals surface area contributed by atoms with Gasteiger partial charge >= 0.3 is 29.6 Å². The predicted octanol–water partition coefficient (Wildman–Crippen LogP) is 0.763. The number of rotatable bonds is 0. The zero-order valence-electron chi connectivity index (χ0n) is 6.37. The first kappa shape index (κ1) is 11.1. The molecule has 0 nitrogen and oxygen atoms in total. The van der Waals surface area contributed by atoms with Gasteiger partial charge in [0, 0.05) is 5.02 Å². The van der Waals surface area contributed by atoms with Crippen LogP contribution in [-0.4, -0.2) is 0 Å². The van der Waals surface area contributed by atoms with Crippen LogP contribution >= 0.6 is 34.8 Å². The van der Waals surface area contributed by atoms with Gasteiger partial charge in [0.05, 0.1) is 10.0 Å². The van der Waals surface area contributed by atoms with Gasteiger partial charge in [-0.15, -0.1) is 0 Å². The fourth-order valence-corrected chi connectivity index (χ4v) is 0.997. The number of hydrogen-bond donors (Lipinski definition) is 0. The van der Waals surface area contributed by atoms with Crippen LogP contribution in [0.4, 0.5) is 0 Å². The van der Waals surface area contributed by atoms with Crippen LogP contribution in [0.3, 0.4) is 0 Å². The van der Waals surface area contributed by atoms with Crippen molar-refractivity contribution in [3.05, 3.63) is 33.3 Å². The van der Waals surface area contributed by atoms with Crippen molar-refractivity contribution < 1.29 is 31.0 Å². The molecule has 0 spiro atoms. The van der Waals surface area contributed by atoms with E-state index in [4.69, 9.17) is 34.8 Å². The molecule has 0 aliphatic carbocycles. The minimum absolute atomic E-state index is 0. The molecule has 0 unspecified atom stereocenters. The van der Waals surface area contributed by atoms with Gasteiger partial charge < -0.3 is 1.43 Å². The number of benzene rings is 1. The van der Waals surface area contributed by atoms with Crippen LogP contribution in [0.5, 0.6) is 0 Å². The topological polar surface area (TPSA) is 0 Å². The van der Waals surface area contributed by atoms with E-state index >= 15 is 0 Å². The Labute approximate surface area is 98.2 Å². The zero-order chi connectivity index (χ0) is 6.85. The standard InChI is InChI=1S/C6H3Cl3.Na.H/c7-4-1-2-5(8)6(9)3-4;;/h1-3H;;/q;+1;-1. The van der Waals surface area contributed by atoms with Crippen molar-refractivity contribution in [1.29, 1.82) is 0 Å². The molecule has 0 aromatic heterocycles. The molecule has 1 aromatic carbocycles. The van der Waals surface area contributed by atoms with Crippen LogP contribution in [0.2, 0.25) is 15.1 Å². The predicted molar refractivity (Wildman–Crippen MR) is 42.6 cm³/mol. The van der Waals surface area contributed by atoms with Crippen molar-refractivity contribution in [3.8, 4) is 0 Å². The van der Waals surface area contributed by atoms with Gasteiger partial charge in [-0.25, -0.2) is 0 Å². The summed E-state index contributed by atoms with van der Waals surface area (Å²) in [7, 11) is 0. The molecule has 0 radical (unpaired) electrons. The molecule has 1 aromatic rings. The zero-order valence-corrected chi connectivity index (χ0v) is 9.63. The molecule has 0 heterocycles. The van der Waals surface area contributed by atoms with Crippen molar-refractivity contribution >= 4 is 34.8 Å². The van der Waals surface area contributed by atoms with Crippen molar-refractivity contribution in [2.75, 3.05) is 0 Å². The van der Waals surface area contributed by atoms with Crippen molar-refractivity contribution in [3.63, 3.8) is 0 Å². The number of hydrogen-bond acceptors (Lipinski definition) is 0. The monoisotopic (exact) mass is 204 g/mol. The normalized spacial score (nSPS) is 8.70. The van der Waals surface area contributed by atoms with Crippen molar-refractivity contribution in [2.45, 2.75) is 0 Å². The average molecular weight is 205 g/mol. The maximum absolute atomic E-state index is 5.60. The van der Waals surface area contributed by atoms with Gasteiger partial charge in [-0.05, 0) is 18.2 Å². The summed E-state index contributed by atoms with van der Waals surface area (Å²) in [6.07, 6.45) is 0. The number of halogens is 3. The Kier molecular flexibility index (Phi) is 5.40. The third-order valence-electron chi connectivity index (χ3n) is 0.882. The molecule has 4 heteroatoms. The van der Waals surface area contributed by atoms with Crippen LogP contribution in [0.1, 0.15) is 1.43 Å². The molecule has 0 atom stereocenters. The summed E-state index contributed by atoms with van der Waals surface area (Å²) in [6.45, 7) is 0. The first-order valence-corrected chi connectivity index (χ1v) is 3.44. The molecular weight excluding hydrogens is 201 g/mol. The second-order valence-corrected chi connectivity index (χ2v) is 2.81.